The van der Waals surface area contributed by atoms with Crippen molar-refractivity contribution in [1.82, 2.24) is 10.9 Å². The first kappa shape index (κ1) is 15.6. The van der Waals surface area contributed by atoms with Crippen LogP contribution in [0.4, 0.5) is 0 Å². The first-order valence-corrected chi connectivity index (χ1v) is 7.25. The van der Waals surface area contributed by atoms with Gasteiger partial charge in [-0.15, -0.1) is 0 Å². The molecule has 0 bridgehead atoms. The van der Waals surface area contributed by atoms with Crippen molar-refractivity contribution < 1.29 is 30.6 Å². The van der Waals surface area contributed by atoms with Crippen molar-refractivity contribution >= 4 is 0 Å². The van der Waals surface area contributed by atoms with E-state index in [2.05, 4.69) is 10.9 Å². The summed E-state index contributed by atoms with van der Waals surface area (Å²) in [4.78, 5) is 0. The minimum absolute atomic E-state index is 0.0991. The number of hydrogen-bond acceptors (Lipinski definition) is 8. The fraction of sp³-hybridized carbons (Fsp3) is 0.250. The number of fused-ring (bicyclic) bond motifs is 2. The summed E-state index contributed by atoms with van der Waals surface area (Å²) >= 11 is 0. The van der Waals surface area contributed by atoms with Crippen LogP contribution in [0.3, 0.4) is 0 Å². The number of hydrogen-bond donors (Lipinski definition) is 8. The summed E-state index contributed by atoms with van der Waals surface area (Å²) in [6.45, 7) is 0. The highest BCUT2D eigenvalue weighted by molar-refractivity contribution is 5.49. The molecule has 8 nitrogen and oxygen atoms in total. The molecular weight excluding hydrogens is 316 g/mol. The van der Waals surface area contributed by atoms with Crippen molar-refractivity contribution in [3.05, 3.63) is 70.8 Å². The number of aliphatic hydroxyl groups is 6. The summed E-state index contributed by atoms with van der Waals surface area (Å²) < 4.78 is 0. The molecule has 24 heavy (non-hydrogen) atoms. The summed E-state index contributed by atoms with van der Waals surface area (Å²) in [5.74, 6) is -5.24. The second-order valence-electron chi connectivity index (χ2n) is 6.11. The minimum Gasteiger partial charge on any atom is -0.366 e. The van der Waals surface area contributed by atoms with Crippen LogP contribution in [0.15, 0.2) is 48.5 Å². The monoisotopic (exact) mass is 332 g/mol. The number of nitrogens with one attached hydrogen (secondary N) is 2. The average molecular weight is 332 g/mol. The van der Waals surface area contributed by atoms with Crippen LogP contribution in [0.25, 0.3) is 0 Å². The Balaban J connectivity index is 1.65. The maximum Gasteiger partial charge on any atom is 0.240 e. The molecule has 2 aliphatic rings. The van der Waals surface area contributed by atoms with Gasteiger partial charge in [0, 0.05) is 22.3 Å². The molecule has 2 aromatic carbocycles. The molecule has 0 unspecified atom stereocenters. The fourth-order valence-corrected chi connectivity index (χ4v) is 3.34. The van der Waals surface area contributed by atoms with Gasteiger partial charge in [0.15, 0.2) is 0 Å². The standard InChI is InChI=1S/C16H16N2O6/c19-13(9-5-1-3-7-11(9)15(13,21)22)17-18-14(20)10-6-2-4-8-12(10)16(14,23)24/h1-8,17-24H/t13-,14-/m1/s1. The van der Waals surface area contributed by atoms with E-state index >= 15 is 0 Å². The Kier molecular flexibility index (Phi) is 2.86. The Bertz CT molecular complexity index is 769. The molecule has 0 fully saturated rings. The molecule has 0 radical (unpaired) electrons. The molecule has 2 atom stereocenters. The summed E-state index contributed by atoms with van der Waals surface area (Å²) in [6, 6.07) is 12.1. The normalized spacial score (nSPS) is 31.4. The van der Waals surface area contributed by atoms with E-state index in [0.717, 1.165) is 0 Å². The number of hydrazine groups is 1. The van der Waals surface area contributed by atoms with Crippen molar-refractivity contribution in [2.24, 2.45) is 0 Å². The van der Waals surface area contributed by atoms with Crippen LogP contribution >= 0.6 is 0 Å². The van der Waals surface area contributed by atoms with Gasteiger partial charge in [0.05, 0.1) is 0 Å². The zero-order chi connectivity index (χ0) is 17.4. The quantitative estimate of drug-likeness (QED) is 0.240. The van der Waals surface area contributed by atoms with Gasteiger partial charge in [0.2, 0.25) is 23.0 Å². The molecule has 8 N–H and O–H groups in total. The lowest BCUT2D eigenvalue weighted by atomic mass is 9.72. The molecule has 0 saturated heterocycles. The van der Waals surface area contributed by atoms with E-state index in [1.807, 2.05) is 0 Å². The zero-order valence-electron chi connectivity index (χ0n) is 12.3. The largest absolute Gasteiger partial charge is 0.366 e. The van der Waals surface area contributed by atoms with Crippen molar-refractivity contribution in [1.29, 1.82) is 0 Å². The van der Waals surface area contributed by atoms with E-state index in [9.17, 15) is 30.6 Å². The van der Waals surface area contributed by atoms with Crippen molar-refractivity contribution in [2.45, 2.75) is 23.0 Å². The second kappa shape index (κ2) is 4.39. The van der Waals surface area contributed by atoms with Gasteiger partial charge in [-0.3, -0.25) is 0 Å². The first-order chi connectivity index (χ1) is 11.2. The van der Waals surface area contributed by atoms with E-state index in [-0.39, 0.29) is 22.3 Å². The molecule has 0 saturated carbocycles. The molecule has 126 valence electrons. The van der Waals surface area contributed by atoms with Crippen LogP contribution in [-0.2, 0) is 23.0 Å². The molecule has 2 aliphatic carbocycles. The van der Waals surface area contributed by atoms with E-state index in [1.165, 1.54) is 24.3 Å². The Morgan fingerprint density at radius 2 is 0.792 bits per heavy atom. The highest BCUT2D eigenvalue weighted by Gasteiger charge is 2.66. The predicted molar refractivity (Wildman–Crippen MR) is 79.2 cm³/mol. The third kappa shape index (κ3) is 1.54. The van der Waals surface area contributed by atoms with Crippen LogP contribution in [0.5, 0.6) is 0 Å². The zero-order valence-corrected chi connectivity index (χ0v) is 12.3. The Morgan fingerprint density at radius 1 is 0.500 bits per heavy atom. The fourth-order valence-electron chi connectivity index (χ4n) is 3.34. The van der Waals surface area contributed by atoms with Gasteiger partial charge in [0.25, 0.3) is 0 Å². The highest BCUT2D eigenvalue weighted by Crippen LogP contribution is 2.52. The molecule has 2 aromatic rings. The van der Waals surface area contributed by atoms with Crippen LogP contribution in [0.2, 0.25) is 0 Å². The molecular formula is C16H16N2O6. The smallest absolute Gasteiger partial charge is 0.240 e. The lowest BCUT2D eigenvalue weighted by molar-refractivity contribution is -0.363. The molecule has 0 spiro atoms. The third-order valence-electron chi connectivity index (χ3n) is 4.82. The van der Waals surface area contributed by atoms with Crippen molar-refractivity contribution in [3.8, 4) is 0 Å². The summed E-state index contributed by atoms with van der Waals surface area (Å²) in [7, 11) is 0. The van der Waals surface area contributed by atoms with Crippen LogP contribution in [0, 0.1) is 0 Å². The van der Waals surface area contributed by atoms with Crippen molar-refractivity contribution in [2.75, 3.05) is 0 Å². The molecule has 0 heterocycles. The molecule has 0 amide bonds. The lowest BCUT2D eigenvalue weighted by Gasteiger charge is -2.54. The van der Waals surface area contributed by atoms with Gasteiger partial charge in [-0.2, -0.15) is 0 Å². The van der Waals surface area contributed by atoms with Gasteiger partial charge in [-0.05, 0) is 0 Å². The predicted octanol–water partition coefficient (Wildman–Crippen LogP) is -1.93. The van der Waals surface area contributed by atoms with E-state index in [1.54, 1.807) is 24.3 Å². The van der Waals surface area contributed by atoms with E-state index in [4.69, 9.17) is 0 Å². The molecule has 8 heteroatoms. The first-order valence-electron chi connectivity index (χ1n) is 7.25. The maximum atomic E-state index is 10.5. The van der Waals surface area contributed by atoms with E-state index < -0.39 is 23.0 Å². The summed E-state index contributed by atoms with van der Waals surface area (Å²) in [6.07, 6.45) is 0. The molecule has 4 rings (SSSR count). The van der Waals surface area contributed by atoms with E-state index in [0.29, 0.717) is 0 Å². The van der Waals surface area contributed by atoms with Crippen LogP contribution < -0.4 is 10.9 Å². The highest BCUT2D eigenvalue weighted by atomic mass is 16.6. The SMILES string of the molecule is OC1(O)c2ccccc2[C@]1(O)NN[C@@]1(O)c2ccccc2C1(O)O. The van der Waals surface area contributed by atoms with Crippen LogP contribution in [0.1, 0.15) is 22.3 Å². The van der Waals surface area contributed by atoms with Crippen LogP contribution in [-0.4, -0.2) is 30.6 Å². The van der Waals surface area contributed by atoms with Gasteiger partial charge in [-0.1, -0.05) is 48.5 Å². The topological polar surface area (TPSA) is 145 Å². The average Bonchev–Trinajstić information content (AvgIpc) is 2.59. The minimum atomic E-state index is -2.62. The maximum absolute atomic E-state index is 10.5. The summed E-state index contributed by atoms with van der Waals surface area (Å²) in [5.41, 5.74) is 0.298. The van der Waals surface area contributed by atoms with Crippen molar-refractivity contribution in [3.63, 3.8) is 0 Å². The third-order valence-corrected chi connectivity index (χ3v) is 4.82. The second-order valence-corrected chi connectivity index (χ2v) is 6.11. The number of benzene rings is 2. The summed E-state index contributed by atoms with van der Waals surface area (Å²) in [5, 5.41) is 61.5. The van der Waals surface area contributed by atoms with Gasteiger partial charge >= 0.3 is 0 Å². The lowest BCUT2D eigenvalue weighted by Crippen LogP contribution is -2.76. The van der Waals surface area contributed by atoms with Gasteiger partial charge < -0.3 is 30.6 Å². The molecule has 0 aliphatic heterocycles. The Hall–Kier alpha value is -1.88. The Labute approximate surface area is 136 Å². The number of rotatable bonds is 3. The van der Waals surface area contributed by atoms with Gasteiger partial charge in [0.1, 0.15) is 0 Å². The van der Waals surface area contributed by atoms with Gasteiger partial charge in [-0.25, -0.2) is 10.9 Å². The molecule has 0 aromatic heterocycles. The Morgan fingerprint density at radius 3 is 1.12 bits per heavy atom.